The Hall–Kier alpha value is -1.61. The molecule has 1 amide bonds. The lowest BCUT2D eigenvalue weighted by atomic mass is 9.85. The third-order valence-corrected chi connectivity index (χ3v) is 4.18. The second kappa shape index (κ2) is 5.17. The summed E-state index contributed by atoms with van der Waals surface area (Å²) in [5.41, 5.74) is 2.37. The summed E-state index contributed by atoms with van der Waals surface area (Å²) in [6.07, 6.45) is 7.21. The van der Waals surface area contributed by atoms with E-state index in [1.165, 1.54) is 19.3 Å². The number of benzene rings is 1. The van der Waals surface area contributed by atoms with Gasteiger partial charge in [0.05, 0.1) is 6.10 Å². The predicted molar refractivity (Wildman–Crippen MR) is 74.5 cm³/mol. The van der Waals surface area contributed by atoms with Crippen molar-refractivity contribution >= 4 is 11.6 Å². The highest BCUT2D eigenvalue weighted by atomic mass is 16.3. The molecule has 0 radical (unpaired) electrons. The number of carbonyl (C=O) groups excluding carboxylic acids is 1. The number of hydrogen-bond donors (Lipinski definition) is 2. The number of fused-ring (bicyclic) bond motifs is 1. The van der Waals surface area contributed by atoms with Gasteiger partial charge in [0, 0.05) is 16.8 Å². The maximum absolute atomic E-state index is 11.8. The van der Waals surface area contributed by atoms with Gasteiger partial charge in [0.2, 0.25) is 0 Å². The van der Waals surface area contributed by atoms with Crippen LogP contribution in [0.3, 0.4) is 0 Å². The number of hydrogen-bond acceptors (Lipinski definition) is 2. The van der Waals surface area contributed by atoms with Crippen LogP contribution in [0.4, 0.5) is 0 Å². The fourth-order valence-electron chi connectivity index (χ4n) is 3.09. The molecule has 1 aromatic carbocycles. The van der Waals surface area contributed by atoms with Crippen LogP contribution in [-0.4, -0.2) is 17.1 Å². The summed E-state index contributed by atoms with van der Waals surface area (Å²) in [4.78, 5) is 11.8. The van der Waals surface area contributed by atoms with Crippen LogP contribution in [0.15, 0.2) is 30.3 Å². The van der Waals surface area contributed by atoms with Crippen molar-refractivity contribution in [1.29, 1.82) is 0 Å². The Morgan fingerprint density at radius 1 is 1.16 bits per heavy atom. The molecule has 0 saturated heterocycles. The fourth-order valence-corrected chi connectivity index (χ4v) is 3.09. The molecule has 1 atom stereocenters. The number of nitrogens with one attached hydrogen (secondary N) is 1. The first-order valence-corrected chi connectivity index (χ1v) is 7.06. The van der Waals surface area contributed by atoms with Gasteiger partial charge in [0.25, 0.3) is 5.91 Å². The van der Waals surface area contributed by atoms with Crippen molar-refractivity contribution in [2.24, 2.45) is 5.92 Å². The lowest BCUT2D eigenvalue weighted by Gasteiger charge is -2.25. The number of carbonyl (C=O) groups is 1. The molecule has 19 heavy (non-hydrogen) atoms. The average molecular weight is 257 g/mol. The molecule has 1 aliphatic heterocycles. The molecule has 1 fully saturated rings. The van der Waals surface area contributed by atoms with Crippen molar-refractivity contribution < 1.29 is 9.90 Å². The lowest BCUT2D eigenvalue weighted by molar-refractivity contribution is 0.0980. The summed E-state index contributed by atoms with van der Waals surface area (Å²) in [7, 11) is 0. The molecule has 1 saturated carbocycles. The first kappa shape index (κ1) is 12.4. The van der Waals surface area contributed by atoms with Crippen LogP contribution in [0.5, 0.6) is 0 Å². The van der Waals surface area contributed by atoms with Gasteiger partial charge in [-0.05, 0) is 30.9 Å². The topological polar surface area (TPSA) is 49.3 Å². The molecule has 1 aliphatic carbocycles. The zero-order valence-corrected chi connectivity index (χ0v) is 10.9. The van der Waals surface area contributed by atoms with Crippen molar-refractivity contribution in [2.75, 3.05) is 0 Å². The Bertz CT molecular complexity index is 515. The summed E-state index contributed by atoms with van der Waals surface area (Å²) in [6.45, 7) is 0. The van der Waals surface area contributed by atoms with Gasteiger partial charge in [0.15, 0.2) is 0 Å². The fraction of sp³-hybridized carbons (Fsp3) is 0.438. The van der Waals surface area contributed by atoms with E-state index in [1.54, 1.807) is 0 Å². The molecule has 3 nitrogen and oxygen atoms in total. The maximum atomic E-state index is 11.8. The molecule has 0 aromatic heterocycles. The van der Waals surface area contributed by atoms with E-state index in [0.717, 1.165) is 24.1 Å². The third-order valence-electron chi connectivity index (χ3n) is 4.18. The Kier molecular flexibility index (Phi) is 3.38. The second-order valence-electron chi connectivity index (χ2n) is 5.47. The van der Waals surface area contributed by atoms with Gasteiger partial charge in [-0.2, -0.15) is 0 Å². The Morgan fingerprint density at radius 3 is 2.58 bits per heavy atom. The van der Waals surface area contributed by atoms with Crippen LogP contribution in [0, 0.1) is 5.92 Å². The first-order chi connectivity index (χ1) is 9.25. The molecule has 3 heteroatoms. The Labute approximate surface area is 113 Å². The minimum atomic E-state index is -0.457. The molecule has 2 N–H and O–H groups in total. The van der Waals surface area contributed by atoms with Crippen molar-refractivity contribution in [3.63, 3.8) is 0 Å². The van der Waals surface area contributed by atoms with Gasteiger partial charge in [-0.3, -0.25) is 4.79 Å². The highest BCUT2D eigenvalue weighted by molar-refractivity contribution is 6.09. The number of amides is 1. The monoisotopic (exact) mass is 257 g/mol. The van der Waals surface area contributed by atoms with E-state index in [4.69, 9.17) is 0 Å². The molecule has 0 spiro atoms. The van der Waals surface area contributed by atoms with E-state index in [-0.39, 0.29) is 5.91 Å². The summed E-state index contributed by atoms with van der Waals surface area (Å²) >= 11 is 0. The van der Waals surface area contributed by atoms with Gasteiger partial charge >= 0.3 is 0 Å². The average Bonchev–Trinajstić information content (AvgIpc) is 2.77. The molecule has 0 bridgehead atoms. The second-order valence-corrected chi connectivity index (χ2v) is 5.47. The van der Waals surface area contributed by atoms with Crippen LogP contribution >= 0.6 is 0 Å². The highest BCUT2D eigenvalue weighted by Gasteiger charge is 2.26. The largest absolute Gasteiger partial charge is 0.389 e. The van der Waals surface area contributed by atoms with Crippen LogP contribution in [-0.2, 0) is 0 Å². The molecule has 1 aromatic rings. The van der Waals surface area contributed by atoms with Crippen molar-refractivity contribution in [1.82, 2.24) is 5.32 Å². The van der Waals surface area contributed by atoms with E-state index < -0.39 is 6.10 Å². The SMILES string of the molecule is O=C1N/C(=C\C(O)C2CCCCC2)c2ccccc21. The van der Waals surface area contributed by atoms with Crippen molar-refractivity contribution in [3.8, 4) is 0 Å². The quantitative estimate of drug-likeness (QED) is 0.855. The molecular weight excluding hydrogens is 238 g/mol. The molecule has 3 rings (SSSR count). The minimum absolute atomic E-state index is 0.0716. The number of aliphatic hydroxyl groups excluding tert-OH is 1. The van der Waals surface area contributed by atoms with Gasteiger partial charge in [0.1, 0.15) is 0 Å². The summed E-state index contributed by atoms with van der Waals surface area (Å²) in [5, 5.41) is 13.2. The van der Waals surface area contributed by atoms with Gasteiger partial charge in [-0.1, -0.05) is 37.5 Å². The molecular formula is C16H19NO2. The van der Waals surface area contributed by atoms with Crippen LogP contribution in [0.1, 0.15) is 48.0 Å². The number of aliphatic hydroxyl groups is 1. The standard InChI is InChI=1S/C16H19NO2/c18-15(11-6-2-1-3-7-11)10-14-12-8-4-5-9-13(12)16(19)17-14/h4-5,8-11,15,18H,1-3,6-7H2,(H,17,19)/b14-10-. The third kappa shape index (κ3) is 2.43. The van der Waals surface area contributed by atoms with E-state index >= 15 is 0 Å². The van der Waals surface area contributed by atoms with Gasteiger partial charge in [-0.25, -0.2) is 0 Å². The van der Waals surface area contributed by atoms with E-state index in [2.05, 4.69) is 5.32 Å². The molecule has 100 valence electrons. The van der Waals surface area contributed by atoms with Crippen molar-refractivity contribution in [2.45, 2.75) is 38.2 Å². The summed E-state index contributed by atoms with van der Waals surface area (Å²) in [6, 6.07) is 7.52. The number of rotatable bonds is 2. The molecule has 1 unspecified atom stereocenters. The van der Waals surface area contributed by atoms with E-state index in [0.29, 0.717) is 11.5 Å². The predicted octanol–water partition coefficient (Wildman–Crippen LogP) is 2.71. The van der Waals surface area contributed by atoms with Crippen LogP contribution in [0.2, 0.25) is 0 Å². The molecule has 1 heterocycles. The lowest BCUT2D eigenvalue weighted by Crippen LogP contribution is -2.22. The van der Waals surface area contributed by atoms with Crippen LogP contribution < -0.4 is 5.32 Å². The van der Waals surface area contributed by atoms with Gasteiger partial charge in [-0.15, -0.1) is 0 Å². The smallest absolute Gasteiger partial charge is 0.256 e. The zero-order chi connectivity index (χ0) is 13.2. The zero-order valence-electron chi connectivity index (χ0n) is 10.9. The van der Waals surface area contributed by atoms with E-state index in [9.17, 15) is 9.90 Å². The Balaban J connectivity index is 1.82. The first-order valence-electron chi connectivity index (χ1n) is 7.06. The minimum Gasteiger partial charge on any atom is -0.389 e. The summed E-state index contributed by atoms with van der Waals surface area (Å²) in [5.74, 6) is 0.267. The van der Waals surface area contributed by atoms with Crippen LogP contribution in [0.25, 0.3) is 5.70 Å². The highest BCUT2D eigenvalue weighted by Crippen LogP contribution is 2.30. The normalized spacial score (nSPS) is 23.2. The van der Waals surface area contributed by atoms with Crippen molar-refractivity contribution in [3.05, 3.63) is 41.5 Å². The van der Waals surface area contributed by atoms with Gasteiger partial charge < -0.3 is 10.4 Å². The summed E-state index contributed by atoms with van der Waals surface area (Å²) < 4.78 is 0. The Morgan fingerprint density at radius 2 is 1.84 bits per heavy atom. The molecule has 2 aliphatic rings. The van der Waals surface area contributed by atoms with E-state index in [1.807, 2.05) is 30.3 Å². The maximum Gasteiger partial charge on any atom is 0.256 e.